The number of hydrogen-bond acceptors (Lipinski definition) is 3. The lowest BCUT2D eigenvalue weighted by Gasteiger charge is -2.10. The second-order valence-corrected chi connectivity index (χ2v) is 5.53. The van der Waals surface area contributed by atoms with E-state index in [1.165, 1.54) is 0 Å². The summed E-state index contributed by atoms with van der Waals surface area (Å²) in [5.41, 5.74) is 2.46. The molecule has 3 aromatic rings. The van der Waals surface area contributed by atoms with Crippen LogP contribution in [0.2, 0.25) is 5.02 Å². The van der Waals surface area contributed by atoms with E-state index >= 15 is 0 Å². The number of anilines is 1. The molecule has 4 nitrogen and oxygen atoms in total. The number of benzene rings is 2. The fraction of sp³-hybridized carbons (Fsp3) is 0.111. The van der Waals surface area contributed by atoms with Gasteiger partial charge in [0.2, 0.25) is 0 Å². The topological polar surface area (TPSA) is 51.2 Å². The summed E-state index contributed by atoms with van der Waals surface area (Å²) in [6.45, 7) is 1.82. The van der Waals surface area contributed by atoms with Crippen molar-refractivity contribution in [3.05, 3.63) is 65.3 Å². The molecule has 1 heterocycles. The van der Waals surface area contributed by atoms with Gasteiger partial charge in [-0.1, -0.05) is 17.7 Å². The van der Waals surface area contributed by atoms with Crippen molar-refractivity contribution in [1.82, 2.24) is 4.98 Å². The SMILES string of the molecule is Cc1cc(OCC(=O)Nc2cccc3ncccc23)ccc1Cl. The molecule has 23 heavy (non-hydrogen) atoms. The van der Waals surface area contributed by atoms with Gasteiger partial charge in [-0.2, -0.15) is 0 Å². The van der Waals surface area contributed by atoms with Gasteiger partial charge >= 0.3 is 0 Å². The highest BCUT2D eigenvalue weighted by Crippen LogP contribution is 2.22. The molecule has 1 amide bonds. The normalized spacial score (nSPS) is 10.5. The fourth-order valence-electron chi connectivity index (χ4n) is 2.25. The minimum absolute atomic E-state index is 0.0717. The predicted octanol–water partition coefficient (Wildman–Crippen LogP) is 4.21. The first-order chi connectivity index (χ1) is 11.1. The van der Waals surface area contributed by atoms with Crippen LogP contribution in [0.1, 0.15) is 5.56 Å². The molecule has 0 saturated carbocycles. The van der Waals surface area contributed by atoms with Gasteiger partial charge in [-0.25, -0.2) is 0 Å². The van der Waals surface area contributed by atoms with Gasteiger partial charge in [0.1, 0.15) is 5.75 Å². The minimum Gasteiger partial charge on any atom is -0.484 e. The quantitative estimate of drug-likeness (QED) is 0.781. The monoisotopic (exact) mass is 326 g/mol. The number of nitrogens with zero attached hydrogens (tertiary/aromatic N) is 1. The van der Waals surface area contributed by atoms with Crippen molar-refractivity contribution in [2.75, 3.05) is 11.9 Å². The van der Waals surface area contributed by atoms with E-state index in [1.54, 1.807) is 24.4 Å². The molecule has 0 saturated heterocycles. The molecule has 0 atom stereocenters. The Bertz CT molecular complexity index is 859. The molecule has 0 bridgehead atoms. The van der Waals surface area contributed by atoms with Crippen molar-refractivity contribution < 1.29 is 9.53 Å². The second-order valence-electron chi connectivity index (χ2n) is 5.12. The lowest BCUT2D eigenvalue weighted by molar-refractivity contribution is -0.118. The molecular weight excluding hydrogens is 312 g/mol. The third-order valence-electron chi connectivity index (χ3n) is 3.42. The average Bonchev–Trinajstić information content (AvgIpc) is 2.56. The number of amides is 1. The Labute approximate surface area is 139 Å². The summed E-state index contributed by atoms with van der Waals surface area (Å²) in [5, 5.41) is 4.42. The molecular formula is C18H15ClN2O2. The zero-order chi connectivity index (χ0) is 16.2. The number of halogens is 1. The van der Waals surface area contributed by atoms with Crippen molar-refractivity contribution in [2.24, 2.45) is 0 Å². The number of pyridine rings is 1. The molecule has 0 aliphatic rings. The van der Waals surface area contributed by atoms with E-state index in [4.69, 9.17) is 16.3 Å². The van der Waals surface area contributed by atoms with Gasteiger partial charge in [0.05, 0.1) is 11.2 Å². The average molecular weight is 327 g/mol. The van der Waals surface area contributed by atoms with Crippen LogP contribution in [-0.2, 0) is 4.79 Å². The number of ether oxygens (including phenoxy) is 1. The van der Waals surface area contributed by atoms with Crippen molar-refractivity contribution in [3.63, 3.8) is 0 Å². The van der Waals surface area contributed by atoms with Crippen LogP contribution in [0.5, 0.6) is 5.75 Å². The van der Waals surface area contributed by atoms with Crippen LogP contribution in [-0.4, -0.2) is 17.5 Å². The molecule has 1 aromatic heterocycles. The number of carbonyl (C=O) groups excluding carboxylic acids is 1. The molecule has 1 N–H and O–H groups in total. The molecule has 0 spiro atoms. The Morgan fingerprint density at radius 1 is 1.22 bits per heavy atom. The Morgan fingerprint density at radius 2 is 2.09 bits per heavy atom. The summed E-state index contributed by atoms with van der Waals surface area (Å²) >= 11 is 5.97. The molecule has 5 heteroatoms. The van der Waals surface area contributed by atoms with E-state index in [0.29, 0.717) is 10.8 Å². The molecule has 116 valence electrons. The van der Waals surface area contributed by atoms with Crippen LogP contribution in [0.25, 0.3) is 10.9 Å². The van der Waals surface area contributed by atoms with Crippen molar-refractivity contribution in [1.29, 1.82) is 0 Å². The van der Waals surface area contributed by atoms with Gasteiger partial charge in [0.25, 0.3) is 5.91 Å². The van der Waals surface area contributed by atoms with Crippen molar-refractivity contribution in [3.8, 4) is 5.75 Å². The summed E-state index contributed by atoms with van der Waals surface area (Å²) in [5.74, 6) is 0.385. The highest BCUT2D eigenvalue weighted by Gasteiger charge is 2.07. The molecule has 0 aliphatic carbocycles. The maximum absolute atomic E-state index is 12.1. The number of rotatable bonds is 4. The Kier molecular flexibility index (Phi) is 4.44. The van der Waals surface area contributed by atoms with E-state index < -0.39 is 0 Å². The number of hydrogen-bond donors (Lipinski definition) is 1. The van der Waals surface area contributed by atoms with Crippen LogP contribution in [0.15, 0.2) is 54.7 Å². The van der Waals surface area contributed by atoms with Crippen LogP contribution in [0.3, 0.4) is 0 Å². The molecule has 3 rings (SSSR count). The summed E-state index contributed by atoms with van der Waals surface area (Å²) in [4.78, 5) is 16.4. The van der Waals surface area contributed by atoms with Crippen molar-refractivity contribution >= 4 is 34.1 Å². The maximum atomic E-state index is 12.1. The van der Waals surface area contributed by atoms with Gasteiger partial charge < -0.3 is 10.1 Å². The van der Waals surface area contributed by atoms with E-state index in [9.17, 15) is 4.79 Å². The van der Waals surface area contributed by atoms with E-state index in [2.05, 4.69) is 10.3 Å². The van der Waals surface area contributed by atoms with E-state index in [-0.39, 0.29) is 12.5 Å². The van der Waals surface area contributed by atoms with Gasteiger partial charge in [-0.3, -0.25) is 9.78 Å². The Morgan fingerprint density at radius 3 is 2.91 bits per heavy atom. The lowest BCUT2D eigenvalue weighted by atomic mass is 10.2. The zero-order valence-corrected chi connectivity index (χ0v) is 13.3. The lowest BCUT2D eigenvalue weighted by Crippen LogP contribution is -2.20. The molecule has 0 radical (unpaired) electrons. The summed E-state index contributed by atoms with van der Waals surface area (Å²) in [7, 11) is 0. The largest absolute Gasteiger partial charge is 0.484 e. The number of carbonyl (C=O) groups is 1. The van der Waals surface area contributed by atoms with Crippen LogP contribution < -0.4 is 10.1 Å². The molecule has 0 aliphatic heterocycles. The minimum atomic E-state index is -0.228. The predicted molar refractivity (Wildman–Crippen MR) is 92.1 cm³/mol. The van der Waals surface area contributed by atoms with Crippen LogP contribution in [0, 0.1) is 6.92 Å². The number of fused-ring (bicyclic) bond motifs is 1. The first kappa shape index (κ1) is 15.3. The van der Waals surface area contributed by atoms with Crippen molar-refractivity contribution in [2.45, 2.75) is 6.92 Å². The fourth-order valence-corrected chi connectivity index (χ4v) is 2.37. The molecule has 0 fully saturated rings. The highest BCUT2D eigenvalue weighted by molar-refractivity contribution is 6.31. The summed E-state index contributed by atoms with van der Waals surface area (Å²) < 4.78 is 5.50. The third kappa shape index (κ3) is 3.60. The van der Waals surface area contributed by atoms with E-state index in [1.807, 2.05) is 37.3 Å². The van der Waals surface area contributed by atoms with Gasteiger partial charge in [-0.05, 0) is 55.0 Å². The van der Waals surface area contributed by atoms with Crippen LogP contribution in [0.4, 0.5) is 5.69 Å². The zero-order valence-electron chi connectivity index (χ0n) is 12.5. The smallest absolute Gasteiger partial charge is 0.262 e. The second kappa shape index (κ2) is 6.67. The first-order valence-electron chi connectivity index (χ1n) is 7.16. The van der Waals surface area contributed by atoms with Gasteiger partial charge in [0.15, 0.2) is 6.61 Å². The molecule has 2 aromatic carbocycles. The molecule has 0 unspecified atom stereocenters. The number of aryl methyl sites for hydroxylation is 1. The van der Waals surface area contributed by atoms with Gasteiger partial charge in [-0.15, -0.1) is 0 Å². The summed E-state index contributed by atoms with van der Waals surface area (Å²) in [6, 6.07) is 14.6. The number of aromatic nitrogens is 1. The standard InChI is InChI=1S/C18H15ClN2O2/c1-12-10-13(7-8-15(12)19)23-11-18(22)21-17-6-2-5-16-14(17)4-3-9-20-16/h2-10H,11H2,1H3,(H,21,22). The highest BCUT2D eigenvalue weighted by atomic mass is 35.5. The Hall–Kier alpha value is -2.59. The van der Waals surface area contributed by atoms with E-state index in [0.717, 1.165) is 22.2 Å². The summed E-state index contributed by atoms with van der Waals surface area (Å²) in [6.07, 6.45) is 1.72. The first-order valence-corrected chi connectivity index (χ1v) is 7.54. The maximum Gasteiger partial charge on any atom is 0.262 e. The van der Waals surface area contributed by atoms with Crippen LogP contribution >= 0.6 is 11.6 Å². The van der Waals surface area contributed by atoms with Gasteiger partial charge in [0, 0.05) is 16.6 Å². The third-order valence-corrected chi connectivity index (χ3v) is 3.84. The Balaban J connectivity index is 1.68. The number of nitrogens with one attached hydrogen (secondary N) is 1.